The van der Waals surface area contributed by atoms with E-state index in [2.05, 4.69) is 5.32 Å². The molecule has 0 aromatic heterocycles. The van der Waals surface area contributed by atoms with Crippen molar-refractivity contribution in [2.45, 2.75) is 67.3 Å². The van der Waals surface area contributed by atoms with Crippen LogP contribution in [0.3, 0.4) is 0 Å². The van der Waals surface area contributed by atoms with Crippen LogP contribution in [-0.4, -0.2) is 34.6 Å². The zero-order valence-corrected chi connectivity index (χ0v) is 15.1. The van der Waals surface area contributed by atoms with Gasteiger partial charge in [0.1, 0.15) is 5.78 Å². The lowest BCUT2D eigenvalue weighted by atomic mass is 9.78. The van der Waals surface area contributed by atoms with Gasteiger partial charge in [-0.05, 0) is 12.3 Å². The molecule has 23 heavy (non-hydrogen) atoms. The molecule has 2 N–H and O–H groups in total. The molecule has 0 aliphatic carbocycles. The molecular formula is C17H29NO5. The molecule has 0 aliphatic rings. The molecule has 0 rings (SSSR count). The number of rotatable bonds is 7. The van der Waals surface area contributed by atoms with Crippen LogP contribution in [0.2, 0.25) is 0 Å². The van der Waals surface area contributed by atoms with Crippen LogP contribution in [0.4, 0.5) is 0 Å². The number of nitrogens with one attached hydrogen (secondary N) is 1. The summed E-state index contributed by atoms with van der Waals surface area (Å²) >= 11 is 0. The molecule has 0 saturated heterocycles. The molecular weight excluding hydrogens is 298 g/mol. The van der Waals surface area contributed by atoms with Crippen molar-refractivity contribution < 1.29 is 24.3 Å². The van der Waals surface area contributed by atoms with Crippen LogP contribution in [0.15, 0.2) is 0 Å². The van der Waals surface area contributed by atoms with Crippen molar-refractivity contribution in [2.24, 2.45) is 16.7 Å². The standard InChI is InChI=1S/C17H29NO5/c1-10(19)8-12(14(21)17(5,6)7)18-13(20)9-11(15(22)23)16(2,3)4/h11-12H,8-9H2,1-7H3,(H,18,20)(H,22,23). The first kappa shape index (κ1) is 21.3. The molecule has 2 unspecified atom stereocenters. The number of amides is 1. The van der Waals surface area contributed by atoms with Gasteiger partial charge in [-0.15, -0.1) is 0 Å². The first-order valence-electron chi connectivity index (χ1n) is 7.72. The molecule has 0 fully saturated rings. The lowest BCUT2D eigenvalue weighted by Gasteiger charge is -2.28. The monoisotopic (exact) mass is 327 g/mol. The third-order valence-corrected chi connectivity index (χ3v) is 3.62. The van der Waals surface area contributed by atoms with Crippen LogP contribution < -0.4 is 5.32 Å². The van der Waals surface area contributed by atoms with Crippen molar-refractivity contribution in [3.05, 3.63) is 0 Å². The summed E-state index contributed by atoms with van der Waals surface area (Å²) in [5, 5.41) is 11.8. The van der Waals surface area contributed by atoms with Crippen molar-refractivity contribution in [3.8, 4) is 0 Å². The lowest BCUT2D eigenvalue weighted by molar-refractivity contribution is -0.148. The molecule has 1 amide bonds. The normalized spacial score (nSPS) is 14.7. The Hall–Kier alpha value is -1.72. The fraction of sp³-hybridized carbons (Fsp3) is 0.765. The Balaban J connectivity index is 5.14. The predicted octanol–water partition coefficient (Wildman–Crippen LogP) is 2.20. The van der Waals surface area contributed by atoms with E-state index in [0.29, 0.717) is 0 Å². The highest BCUT2D eigenvalue weighted by molar-refractivity contribution is 5.96. The van der Waals surface area contributed by atoms with Gasteiger partial charge in [-0.25, -0.2) is 0 Å². The largest absolute Gasteiger partial charge is 0.481 e. The minimum atomic E-state index is -1.06. The Morgan fingerprint density at radius 3 is 1.74 bits per heavy atom. The van der Waals surface area contributed by atoms with E-state index in [0.717, 1.165) is 0 Å². The zero-order valence-electron chi connectivity index (χ0n) is 15.1. The number of carbonyl (C=O) groups is 4. The fourth-order valence-corrected chi connectivity index (χ4v) is 2.22. The Kier molecular flexibility index (Phi) is 7.13. The summed E-state index contributed by atoms with van der Waals surface area (Å²) < 4.78 is 0. The average Bonchev–Trinajstić information content (AvgIpc) is 2.30. The van der Waals surface area contributed by atoms with Gasteiger partial charge in [0, 0.05) is 18.3 Å². The van der Waals surface area contributed by atoms with Gasteiger partial charge in [0.15, 0.2) is 5.78 Å². The minimum Gasteiger partial charge on any atom is -0.481 e. The maximum Gasteiger partial charge on any atom is 0.307 e. The number of ketones is 2. The molecule has 0 heterocycles. The number of aliphatic carboxylic acids is 1. The maximum atomic E-state index is 12.4. The van der Waals surface area contributed by atoms with E-state index in [1.165, 1.54) is 6.92 Å². The molecule has 0 spiro atoms. The van der Waals surface area contributed by atoms with Crippen LogP contribution in [0, 0.1) is 16.7 Å². The Bertz CT molecular complexity index is 482. The summed E-state index contributed by atoms with van der Waals surface area (Å²) in [6.45, 7) is 11.7. The fourth-order valence-electron chi connectivity index (χ4n) is 2.22. The summed E-state index contributed by atoms with van der Waals surface area (Å²) in [6.07, 6.45) is -0.320. The summed E-state index contributed by atoms with van der Waals surface area (Å²) in [6, 6.07) is -0.922. The van der Waals surface area contributed by atoms with E-state index in [9.17, 15) is 24.3 Å². The second-order valence-corrected chi connectivity index (χ2v) is 8.10. The summed E-state index contributed by atoms with van der Waals surface area (Å²) in [4.78, 5) is 47.3. The van der Waals surface area contributed by atoms with Gasteiger partial charge in [-0.2, -0.15) is 0 Å². The maximum absolute atomic E-state index is 12.4. The Labute approximate surface area is 138 Å². The molecule has 0 aromatic rings. The number of hydrogen-bond donors (Lipinski definition) is 2. The zero-order chi connectivity index (χ0) is 18.6. The van der Waals surface area contributed by atoms with Gasteiger partial charge in [-0.1, -0.05) is 41.5 Å². The number of Topliss-reactive ketones (excluding diaryl/α,β-unsaturated/α-hetero) is 2. The van der Waals surface area contributed by atoms with Crippen molar-refractivity contribution in [2.75, 3.05) is 0 Å². The van der Waals surface area contributed by atoms with E-state index >= 15 is 0 Å². The van der Waals surface area contributed by atoms with Gasteiger partial charge < -0.3 is 10.4 Å². The van der Waals surface area contributed by atoms with Crippen molar-refractivity contribution >= 4 is 23.4 Å². The van der Waals surface area contributed by atoms with Gasteiger partial charge >= 0.3 is 5.97 Å². The minimum absolute atomic E-state index is 0.0882. The van der Waals surface area contributed by atoms with Crippen LogP contribution >= 0.6 is 0 Å². The predicted molar refractivity (Wildman–Crippen MR) is 86.9 cm³/mol. The number of carboxylic acid groups (broad SMARTS) is 1. The van der Waals surface area contributed by atoms with Crippen LogP contribution in [0.1, 0.15) is 61.3 Å². The van der Waals surface area contributed by atoms with E-state index in [-0.39, 0.29) is 24.4 Å². The van der Waals surface area contributed by atoms with Crippen LogP contribution in [-0.2, 0) is 19.2 Å². The summed E-state index contributed by atoms with van der Waals surface area (Å²) in [5.74, 6) is -2.92. The highest BCUT2D eigenvalue weighted by atomic mass is 16.4. The van der Waals surface area contributed by atoms with Gasteiger partial charge in [0.25, 0.3) is 0 Å². The number of carboxylic acids is 1. The van der Waals surface area contributed by atoms with Crippen molar-refractivity contribution in [1.29, 1.82) is 0 Å². The SMILES string of the molecule is CC(=O)CC(NC(=O)CC(C(=O)O)C(C)(C)C)C(=O)C(C)(C)C. The molecule has 0 aromatic carbocycles. The topological polar surface area (TPSA) is 101 Å². The second kappa shape index (κ2) is 7.70. The smallest absolute Gasteiger partial charge is 0.307 e. The Morgan fingerprint density at radius 2 is 1.43 bits per heavy atom. The van der Waals surface area contributed by atoms with Gasteiger partial charge in [-0.3, -0.25) is 19.2 Å². The highest BCUT2D eigenvalue weighted by Crippen LogP contribution is 2.29. The molecule has 0 radical (unpaired) electrons. The molecule has 6 nitrogen and oxygen atoms in total. The van der Waals surface area contributed by atoms with Gasteiger partial charge in [0.2, 0.25) is 5.91 Å². The molecule has 6 heteroatoms. The third kappa shape index (κ3) is 7.39. The highest BCUT2D eigenvalue weighted by Gasteiger charge is 2.36. The van der Waals surface area contributed by atoms with E-state index < -0.39 is 34.7 Å². The molecule has 0 aliphatic heterocycles. The first-order chi connectivity index (χ1) is 10.2. The van der Waals surface area contributed by atoms with Gasteiger partial charge in [0.05, 0.1) is 12.0 Å². The van der Waals surface area contributed by atoms with E-state index in [4.69, 9.17) is 0 Å². The van der Waals surface area contributed by atoms with Crippen LogP contribution in [0.5, 0.6) is 0 Å². The summed E-state index contributed by atoms with van der Waals surface area (Å²) in [7, 11) is 0. The van der Waals surface area contributed by atoms with Crippen molar-refractivity contribution in [1.82, 2.24) is 5.32 Å². The number of hydrogen-bond acceptors (Lipinski definition) is 4. The molecule has 0 bridgehead atoms. The van der Waals surface area contributed by atoms with E-state index in [1.54, 1.807) is 41.5 Å². The molecule has 2 atom stereocenters. The number of carbonyl (C=O) groups excluding carboxylic acids is 3. The molecule has 132 valence electrons. The summed E-state index contributed by atoms with van der Waals surface area (Å²) in [5.41, 5.74) is -1.29. The Morgan fingerprint density at radius 1 is 0.957 bits per heavy atom. The average molecular weight is 327 g/mol. The lowest BCUT2D eigenvalue weighted by Crippen LogP contribution is -2.47. The quantitative estimate of drug-likeness (QED) is 0.746. The van der Waals surface area contributed by atoms with Crippen molar-refractivity contribution in [3.63, 3.8) is 0 Å². The van der Waals surface area contributed by atoms with Crippen LogP contribution in [0.25, 0.3) is 0 Å². The third-order valence-electron chi connectivity index (χ3n) is 3.62. The second-order valence-electron chi connectivity index (χ2n) is 8.10. The molecule has 0 saturated carbocycles. The first-order valence-corrected chi connectivity index (χ1v) is 7.72. The van der Waals surface area contributed by atoms with E-state index in [1.807, 2.05) is 0 Å².